The summed E-state index contributed by atoms with van der Waals surface area (Å²) in [6.45, 7) is 8.51. The van der Waals surface area contributed by atoms with Gasteiger partial charge in [0.05, 0.1) is 16.9 Å². The van der Waals surface area contributed by atoms with Crippen LogP contribution >= 0.6 is 0 Å². The first-order valence-electron chi connectivity index (χ1n) is 12.2. The van der Waals surface area contributed by atoms with Crippen LogP contribution in [0.1, 0.15) is 37.8 Å². The zero-order valence-corrected chi connectivity index (χ0v) is 23.4. The first-order chi connectivity index (χ1) is 17.2. The number of esters is 1. The topological polar surface area (TPSA) is 96.5 Å². The van der Waals surface area contributed by atoms with E-state index in [0.717, 1.165) is 5.56 Å². The fraction of sp³-hybridized carbons (Fsp3) is 0.481. The normalized spacial score (nSPS) is 15.7. The molecule has 1 atom stereocenters. The van der Waals surface area contributed by atoms with Crippen molar-refractivity contribution < 1.29 is 27.5 Å². The fourth-order valence-corrected chi connectivity index (χ4v) is 5.31. The maximum absolute atomic E-state index is 13.3. The molecule has 1 amide bonds. The molecule has 1 saturated heterocycles. The van der Waals surface area contributed by atoms with Crippen molar-refractivity contribution in [2.45, 2.75) is 50.2 Å². The second-order valence-electron chi connectivity index (χ2n) is 10.6. The Morgan fingerprint density at radius 3 is 2.19 bits per heavy atom. The molecule has 2 aromatic rings. The van der Waals surface area contributed by atoms with Crippen molar-refractivity contribution in [2.24, 2.45) is 0 Å². The summed E-state index contributed by atoms with van der Waals surface area (Å²) in [4.78, 5) is 29.1. The number of likely N-dealkylation sites (tertiary alicyclic amines) is 1. The van der Waals surface area contributed by atoms with Crippen LogP contribution < -0.4 is 4.74 Å². The molecule has 1 aliphatic heterocycles. The summed E-state index contributed by atoms with van der Waals surface area (Å²) in [7, 11) is 1.11. The van der Waals surface area contributed by atoms with Gasteiger partial charge in [-0.2, -0.15) is 4.31 Å². The van der Waals surface area contributed by atoms with Crippen LogP contribution in [-0.4, -0.2) is 87.0 Å². The van der Waals surface area contributed by atoms with Gasteiger partial charge in [0.15, 0.2) is 0 Å². The molecule has 1 heterocycles. The highest BCUT2D eigenvalue weighted by molar-refractivity contribution is 7.89. The maximum atomic E-state index is 13.3. The lowest BCUT2D eigenvalue weighted by Gasteiger charge is -2.44. The number of ether oxygens (including phenoxy) is 2. The lowest BCUT2D eigenvalue weighted by Crippen LogP contribution is -2.60. The van der Waals surface area contributed by atoms with Gasteiger partial charge in [0.2, 0.25) is 10.0 Å². The maximum Gasteiger partial charge on any atom is 0.414 e. The predicted molar refractivity (Wildman–Crippen MR) is 141 cm³/mol. The summed E-state index contributed by atoms with van der Waals surface area (Å²) < 4.78 is 38.8. The Labute approximate surface area is 220 Å². The molecule has 0 aromatic heterocycles. The van der Waals surface area contributed by atoms with Crippen molar-refractivity contribution in [2.75, 3.05) is 40.8 Å². The van der Waals surface area contributed by atoms with Gasteiger partial charge in [-0.15, -0.1) is 0 Å². The number of likely N-dealkylation sites (N-methyl/N-ethyl adjacent to an activating group) is 1. The summed E-state index contributed by atoms with van der Waals surface area (Å²) in [6.07, 6.45) is -0.553. The molecule has 0 radical (unpaired) electrons. The molecular weight excluding hydrogens is 494 g/mol. The Kier molecular flexibility index (Phi) is 8.66. The van der Waals surface area contributed by atoms with Crippen molar-refractivity contribution in [1.29, 1.82) is 0 Å². The van der Waals surface area contributed by atoms with Crippen LogP contribution in [0.2, 0.25) is 0 Å². The smallest absolute Gasteiger partial charge is 0.414 e. The van der Waals surface area contributed by atoms with Crippen molar-refractivity contribution in [3.63, 3.8) is 0 Å². The average molecular weight is 532 g/mol. The van der Waals surface area contributed by atoms with Crippen molar-refractivity contribution in [1.82, 2.24) is 14.1 Å². The number of hydrogen-bond acceptors (Lipinski definition) is 7. The SMILES string of the molecule is Cc1ccc(S(=O)(=O)N(C)C2CN(CC(C(=O)OC(C)(C)C)c3ccccc3OC(=O)N(C)C)C2)cc1. The van der Waals surface area contributed by atoms with Crippen molar-refractivity contribution in [3.8, 4) is 5.75 Å². The van der Waals surface area contributed by atoms with E-state index < -0.39 is 33.6 Å². The minimum absolute atomic E-state index is 0.229. The van der Waals surface area contributed by atoms with Crippen LogP contribution in [0.15, 0.2) is 53.4 Å². The van der Waals surface area contributed by atoms with Gasteiger partial charge in [0, 0.05) is 46.3 Å². The molecular formula is C27H37N3O6S. The number of amides is 1. The van der Waals surface area contributed by atoms with Crippen LogP contribution in [0.25, 0.3) is 0 Å². The summed E-state index contributed by atoms with van der Waals surface area (Å²) in [5.41, 5.74) is 0.821. The molecule has 37 heavy (non-hydrogen) atoms. The van der Waals surface area contributed by atoms with E-state index in [1.165, 1.54) is 9.21 Å². The lowest BCUT2D eigenvalue weighted by atomic mass is 9.95. The molecule has 2 aromatic carbocycles. The zero-order chi connectivity index (χ0) is 27.5. The number of para-hydroxylation sites is 1. The van der Waals surface area contributed by atoms with Crippen LogP contribution in [-0.2, 0) is 19.6 Å². The standard InChI is InChI=1S/C27H37N3O6S/c1-19-12-14-21(15-13-19)37(33,34)29(7)20-16-30(17-20)18-23(25(31)36-27(2,3)4)22-10-8-9-11-24(22)35-26(32)28(5)6/h8-15,20,23H,16-18H2,1-7H3. The summed E-state index contributed by atoms with van der Waals surface area (Å²) in [6, 6.07) is 13.5. The molecule has 3 rings (SSSR count). The van der Waals surface area contributed by atoms with Gasteiger partial charge >= 0.3 is 12.1 Å². The van der Waals surface area contributed by atoms with E-state index in [-0.39, 0.29) is 16.7 Å². The first-order valence-corrected chi connectivity index (χ1v) is 13.6. The van der Waals surface area contributed by atoms with Crippen LogP contribution in [0.4, 0.5) is 4.79 Å². The Morgan fingerprint density at radius 2 is 1.62 bits per heavy atom. The largest absolute Gasteiger partial charge is 0.459 e. The molecule has 0 bridgehead atoms. The third kappa shape index (κ3) is 7.09. The highest BCUT2D eigenvalue weighted by atomic mass is 32.2. The molecule has 10 heteroatoms. The summed E-state index contributed by atoms with van der Waals surface area (Å²) in [5, 5.41) is 0. The highest BCUT2D eigenvalue weighted by Gasteiger charge is 2.40. The predicted octanol–water partition coefficient (Wildman–Crippen LogP) is 3.49. The van der Waals surface area contributed by atoms with E-state index in [9.17, 15) is 18.0 Å². The third-order valence-electron chi connectivity index (χ3n) is 6.14. The summed E-state index contributed by atoms with van der Waals surface area (Å²) >= 11 is 0. The molecule has 1 aliphatic rings. The monoisotopic (exact) mass is 531 g/mol. The average Bonchev–Trinajstić information content (AvgIpc) is 2.77. The van der Waals surface area contributed by atoms with Crippen molar-refractivity contribution >= 4 is 22.1 Å². The number of hydrogen-bond donors (Lipinski definition) is 0. The second-order valence-corrected chi connectivity index (χ2v) is 12.6. The van der Waals surface area contributed by atoms with Gasteiger partial charge in [0.1, 0.15) is 11.4 Å². The molecule has 0 N–H and O–H groups in total. The molecule has 0 spiro atoms. The zero-order valence-electron chi connectivity index (χ0n) is 22.6. The van der Waals surface area contributed by atoms with Gasteiger partial charge < -0.3 is 14.4 Å². The fourth-order valence-electron chi connectivity index (χ4n) is 3.97. The molecule has 9 nitrogen and oxygen atoms in total. The van der Waals surface area contributed by atoms with E-state index in [1.807, 2.05) is 11.8 Å². The molecule has 0 aliphatic carbocycles. The number of nitrogens with zero attached hydrogens (tertiary/aromatic N) is 3. The first kappa shape index (κ1) is 28.6. The number of rotatable bonds is 8. The number of sulfonamides is 1. The van der Waals surface area contributed by atoms with Crippen LogP contribution in [0.5, 0.6) is 5.75 Å². The van der Waals surface area contributed by atoms with E-state index in [2.05, 4.69) is 0 Å². The van der Waals surface area contributed by atoms with E-state index in [4.69, 9.17) is 9.47 Å². The van der Waals surface area contributed by atoms with Gasteiger partial charge in [-0.1, -0.05) is 35.9 Å². The van der Waals surface area contributed by atoms with Crippen LogP contribution in [0.3, 0.4) is 0 Å². The number of benzene rings is 2. The number of carbonyl (C=O) groups excluding carboxylic acids is 2. The minimum Gasteiger partial charge on any atom is -0.459 e. The van der Waals surface area contributed by atoms with Gasteiger partial charge in [0.25, 0.3) is 0 Å². The Morgan fingerprint density at radius 1 is 1.03 bits per heavy atom. The number of aryl methyl sites for hydroxylation is 1. The van der Waals surface area contributed by atoms with Crippen molar-refractivity contribution in [3.05, 3.63) is 59.7 Å². The third-order valence-corrected chi connectivity index (χ3v) is 8.06. The Balaban J connectivity index is 1.78. The van der Waals surface area contributed by atoms with E-state index in [1.54, 1.807) is 90.4 Å². The molecule has 202 valence electrons. The Bertz CT molecular complexity index is 1220. The summed E-state index contributed by atoms with van der Waals surface area (Å²) in [5.74, 6) is -0.886. The molecule has 1 fully saturated rings. The minimum atomic E-state index is -3.64. The highest BCUT2D eigenvalue weighted by Crippen LogP contribution is 2.32. The van der Waals surface area contributed by atoms with Gasteiger partial charge in [-0.05, 0) is 45.9 Å². The quantitative estimate of drug-likeness (QED) is 0.481. The Hall–Kier alpha value is -2.95. The second kappa shape index (κ2) is 11.2. The molecule has 0 saturated carbocycles. The number of carbonyl (C=O) groups is 2. The van der Waals surface area contributed by atoms with Gasteiger partial charge in [-0.25, -0.2) is 13.2 Å². The van der Waals surface area contributed by atoms with Gasteiger partial charge in [-0.3, -0.25) is 9.69 Å². The lowest BCUT2D eigenvalue weighted by molar-refractivity contribution is -0.157. The van der Waals surface area contributed by atoms with E-state index in [0.29, 0.717) is 25.2 Å². The van der Waals surface area contributed by atoms with Crippen LogP contribution in [0, 0.1) is 6.92 Å². The van der Waals surface area contributed by atoms with E-state index >= 15 is 0 Å². The molecule has 1 unspecified atom stereocenters.